The third-order valence-corrected chi connectivity index (χ3v) is 9.72. The van der Waals surface area contributed by atoms with E-state index >= 15 is 0 Å². The number of carbonyl (C=O) groups excluding carboxylic acids is 1. The van der Waals surface area contributed by atoms with Crippen molar-refractivity contribution in [1.29, 1.82) is 0 Å². The molecule has 0 atom stereocenters. The average molecular weight is 755 g/mol. The zero-order valence-electron chi connectivity index (χ0n) is 24.8. The number of hydrogen-bond donors (Lipinski definition) is 6. The van der Waals surface area contributed by atoms with Gasteiger partial charge in [0.2, 0.25) is 20.0 Å². The lowest BCUT2D eigenvalue weighted by atomic mass is 10.1. The number of furan rings is 2. The van der Waals surface area contributed by atoms with Gasteiger partial charge in [-0.3, -0.25) is 0 Å². The van der Waals surface area contributed by atoms with E-state index in [2.05, 4.69) is 37.1 Å². The van der Waals surface area contributed by atoms with Crippen LogP contribution in [0.4, 0.5) is 11.4 Å². The van der Waals surface area contributed by atoms with E-state index in [9.17, 15) is 31.5 Å². The first-order valence-corrected chi connectivity index (χ1v) is 17.0. The first-order valence-electron chi connectivity index (χ1n) is 12.8. The molecule has 4 aromatic rings. The van der Waals surface area contributed by atoms with Gasteiger partial charge in [0.1, 0.15) is 21.3 Å². The molecule has 7 N–H and O–H groups in total. The minimum Gasteiger partial charge on any atom is -0.478 e. The summed E-state index contributed by atoms with van der Waals surface area (Å²) in [6.45, 7) is 0.535. The Morgan fingerprint density at radius 2 is 1.19 bits per heavy atom. The van der Waals surface area contributed by atoms with Crippen LogP contribution in [0.15, 0.2) is 79.7 Å². The van der Waals surface area contributed by atoms with Crippen LogP contribution in [0.25, 0.3) is 0 Å². The topological polar surface area (TPSA) is 232 Å². The molecule has 0 saturated carbocycles. The summed E-state index contributed by atoms with van der Waals surface area (Å²) >= 11 is 16.1. The number of anilines is 2. The number of nitrogens with one attached hydrogen (secondary N) is 4. The number of esters is 1. The van der Waals surface area contributed by atoms with E-state index in [1.807, 2.05) is 0 Å². The Balaban J connectivity index is 0.000000311. The van der Waals surface area contributed by atoms with Crippen molar-refractivity contribution in [2.24, 2.45) is 5.25 Å². The number of methoxy groups -OCH3 is 1. The van der Waals surface area contributed by atoms with Crippen LogP contribution in [0.5, 0.6) is 0 Å². The summed E-state index contributed by atoms with van der Waals surface area (Å²) in [5.74, 6) is -0.717. The molecule has 2 aromatic heterocycles. The van der Waals surface area contributed by atoms with E-state index in [-0.39, 0.29) is 43.2 Å². The number of hydrogen-bond acceptors (Lipinski definition) is 12. The SMILES string of the molecule is CNS(=O)(=O)c1cc(C(=O)O)c(NCc2ccco2)cc1Cl.CNS(=O)(=O)c1cc(C(=O)OC)c(NCc2ccco2)cc1Cl.NCl. The van der Waals surface area contributed by atoms with Gasteiger partial charge in [-0.15, -0.1) is 0 Å². The predicted molar refractivity (Wildman–Crippen MR) is 176 cm³/mol. The van der Waals surface area contributed by atoms with Gasteiger partial charge >= 0.3 is 11.9 Å². The molecule has 0 amide bonds. The fraction of sp³-hybridized carbons (Fsp3) is 0.185. The van der Waals surface area contributed by atoms with Gasteiger partial charge in [-0.05, 0) is 74.4 Å². The Morgan fingerprint density at radius 1 is 0.787 bits per heavy atom. The summed E-state index contributed by atoms with van der Waals surface area (Å²) in [7, 11) is -3.97. The van der Waals surface area contributed by atoms with Crippen molar-refractivity contribution in [2.75, 3.05) is 31.8 Å². The number of nitrogens with two attached hydrogens (primary N) is 1. The molecule has 0 spiro atoms. The third-order valence-electron chi connectivity index (χ3n) is 5.96. The molecule has 4 rings (SSSR count). The summed E-state index contributed by atoms with van der Waals surface area (Å²) < 4.78 is 66.8. The van der Waals surface area contributed by atoms with E-state index < -0.39 is 32.0 Å². The molecular weight excluding hydrogens is 725 g/mol. The van der Waals surface area contributed by atoms with Crippen LogP contribution in [0.2, 0.25) is 10.0 Å². The fourth-order valence-corrected chi connectivity index (χ4v) is 6.23. The maximum Gasteiger partial charge on any atom is 0.340 e. The van der Waals surface area contributed by atoms with Crippen LogP contribution < -0.4 is 25.3 Å². The van der Waals surface area contributed by atoms with Gasteiger partial charge in [-0.1, -0.05) is 23.2 Å². The molecule has 0 radical (unpaired) electrons. The molecule has 20 heteroatoms. The third kappa shape index (κ3) is 10.6. The summed E-state index contributed by atoms with van der Waals surface area (Å²) in [4.78, 5) is 22.8. The van der Waals surface area contributed by atoms with Gasteiger partial charge in [-0.2, -0.15) is 0 Å². The number of carboxylic acids is 1. The van der Waals surface area contributed by atoms with Crippen molar-refractivity contribution in [1.82, 2.24) is 9.44 Å². The maximum atomic E-state index is 12.0. The molecule has 0 aliphatic rings. The summed E-state index contributed by atoms with van der Waals surface area (Å²) in [6, 6.07) is 11.7. The fourth-order valence-electron chi connectivity index (χ4n) is 3.68. The van der Waals surface area contributed by atoms with Crippen LogP contribution in [-0.2, 0) is 37.9 Å². The van der Waals surface area contributed by atoms with E-state index in [0.717, 1.165) is 6.07 Å². The van der Waals surface area contributed by atoms with Gasteiger partial charge < -0.3 is 29.3 Å². The zero-order valence-corrected chi connectivity index (χ0v) is 28.7. The average Bonchev–Trinajstić information content (AvgIpc) is 3.78. The minimum atomic E-state index is -3.85. The van der Waals surface area contributed by atoms with Gasteiger partial charge in [0.05, 0.1) is 65.3 Å². The monoisotopic (exact) mass is 753 g/mol. The number of halogens is 3. The second-order valence-electron chi connectivity index (χ2n) is 8.73. The predicted octanol–water partition coefficient (Wildman–Crippen LogP) is 4.49. The number of ether oxygens (including phenoxy) is 1. The normalized spacial score (nSPS) is 11.0. The van der Waals surface area contributed by atoms with Crippen molar-refractivity contribution >= 4 is 78.3 Å². The van der Waals surface area contributed by atoms with E-state index in [1.165, 1.54) is 51.9 Å². The van der Waals surface area contributed by atoms with Crippen molar-refractivity contribution in [3.05, 3.63) is 93.7 Å². The Morgan fingerprint density at radius 3 is 1.53 bits per heavy atom. The largest absolute Gasteiger partial charge is 0.478 e. The van der Waals surface area contributed by atoms with Gasteiger partial charge in [0.25, 0.3) is 0 Å². The lowest BCUT2D eigenvalue weighted by molar-refractivity contribution is 0.0600. The molecular formula is C27H30Cl3N5O10S2. The summed E-state index contributed by atoms with van der Waals surface area (Å²) in [6.07, 6.45) is 3.01. The highest BCUT2D eigenvalue weighted by Crippen LogP contribution is 2.31. The van der Waals surface area contributed by atoms with Crippen LogP contribution in [0.1, 0.15) is 32.2 Å². The number of aromatic carboxylic acids is 1. The highest BCUT2D eigenvalue weighted by atomic mass is 35.5. The highest BCUT2D eigenvalue weighted by Gasteiger charge is 2.23. The Bertz CT molecular complexity index is 1870. The van der Waals surface area contributed by atoms with Gasteiger partial charge in [-0.25, -0.2) is 41.1 Å². The highest BCUT2D eigenvalue weighted by molar-refractivity contribution is 7.89. The number of carbonyl (C=O) groups is 2. The number of carboxylic acid groups (broad SMARTS) is 1. The molecule has 0 aliphatic carbocycles. The van der Waals surface area contributed by atoms with E-state index in [4.69, 9.17) is 36.8 Å². The second kappa shape index (κ2) is 17.9. The Hall–Kier alpha value is -3.81. The summed E-state index contributed by atoms with van der Waals surface area (Å²) in [5.41, 5.74) is 0.388. The van der Waals surface area contributed by atoms with Crippen molar-refractivity contribution < 1.29 is 45.1 Å². The number of rotatable bonds is 12. The maximum absolute atomic E-state index is 12.0. The van der Waals surface area contributed by atoms with Gasteiger partial charge in [0.15, 0.2) is 0 Å². The molecule has 47 heavy (non-hydrogen) atoms. The first-order chi connectivity index (χ1) is 22.2. The number of benzene rings is 2. The van der Waals surface area contributed by atoms with Crippen LogP contribution in [0.3, 0.4) is 0 Å². The lowest BCUT2D eigenvalue weighted by Gasteiger charge is -2.13. The molecule has 0 unspecified atom stereocenters. The smallest absolute Gasteiger partial charge is 0.340 e. The number of sulfonamides is 2. The molecule has 2 aromatic carbocycles. The van der Waals surface area contributed by atoms with Crippen LogP contribution in [0, 0.1) is 0 Å². The minimum absolute atomic E-state index is 0.0195. The van der Waals surface area contributed by atoms with Crippen molar-refractivity contribution in [3.8, 4) is 0 Å². The van der Waals surface area contributed by atoms with Crippen LogP contribution in [-0.4, -0.2) is 55.1 Å². The second-order valence-corrected chi connectivity index (χ2v) is 13.3. The molecule has 15 nitrogen and oxygen atoms in total. The molecule has 256 valence electrons. The van der Waals surface area contributed by atoms with Crippen LogP contribution >= 0.6 is 35.0 Å². The molecule has 0 aliphatic heterocycles. The first kappa shape index (κ1) is 39.4. The zero-order chi connectivity index (χ0) is 35.4. The van der Waals surface area contributed by atoms with Gasteiger partial charge in [0, 0.05) is 0 Å². The van der Waals surface area contributed by atoms with Crippen molar-refractivity contribution in [2.45, 2.75) is 22.9 Å². The quantitative estimate of drug-likeness (QED) is 0.0866. The lowest BCUT2D eigenvalue weighted by Crippen LogP contribution is -2.20. The summed E-state index contributed by atoms with van der Waals surface area (Å²) in [5, 5.41) is 19.0. The Kier molecular flexibility index (Phi) is 15.0. The van der Waals surface area contributed by atoms with E-state index in [1.54, 1.807) is 24.3 Å². The molecule has 0 bridgehead atoms. The Labute approximate surface area is 285 Å². The van der Waals surface area contributed by atoms with Crippen molar-refractivity contribution in [3.63, 3.8) is 0 Å². The molecule has 2 heterocycles. The van der Waals surface area contributed by atoms with E-state index in [0.29, 0.717) is 23.8 Å². The molecule has 0 fully saturated rings. The molecule has 0 saturated heterocycles. The standard InChI is InChI=1S/C14H15ClN2O5S.C13H13ClN2O5S.ClH2N/c1-16-23(19,20)13-6-10(14(18)21-2)12(7-11(13)15)17-8-9-4-3-5-22-9;1-15-22(19,20)12-5-9(13(17)18)11(6-10(12)14)16-7-8-3-2-4-21-8;1-2/h3-7,16-17H,8H2,1-2H3;2-6,15-16H,7H2,1H3,(H,17,18);2H2.